The number of halogens is 1. The van der Waals surface area contributed by atoms with Gasteiger partial charge in [0.05, 0.1) is 39.2 Å². The maximum atomic E-state index is 13.5. The fourth-order valence-electron chi connectivity index (χ4n) is 4.26. The molecule has 0 saturated carbocycles. The van der Waals surface area contributed by atoms with E-state index in [0.29, 0.717) is 37.9 Å². The standard InChI is InChI=1S/C27H22ClN3O7S2/c1-35-18-11-15(12-19(36-2)24(18)37-3)21-20(22(32)17-9-6-10-38-17)23(33)25(34)31(21)26-29-30-27(40-26)39-13-14-7-4-5-8-16(14)28/h4-12,21,33H,13H2,1-3H3. The Bertz CT molecular complexity index is 1580. The number of carbonyl (C=O) groups is 2. The van der Waals surface area contributed by atoms with E-state index in [0.717, 1.165) is 16.9 Å². The van der Waals surface area contributed by atoms with Gasteiger partial charge < -0.3 is 23.7 Å². The molecule has 0 saturated heterocycles. The van der Waals surface area contributed by atoms with E-state index in [1.807, 2.05) is 18.2 Å². The zero-order chi connectivity index (χ0) is 28.4. The predicted octanol–water partition coefficient (Wildman–Crippen LogP) is 5.89. The first-order valence-corrected chi connectivity index (χ1v) is 13.9. The lowest BCUT2D eigenvalue weighted by molar-refractivity contribution is -0.117. The van der Waals surface area contributed by atoms with Crippen molar-refractivity contribution in [1.82, 2.24) is 10.2 Å². The number of rotatable bonds is 10. The number of benzene rings is 2. The second kappa shape index (κ2) is 11.6. The number of Topliss-reactive ketones (excluding diaryl/α,β-unsaturated/α-hetero) is 1. The highest BCUT2D eigenvalue weighted by Gasteiger charge is 2.47. The van der Waals surface area contributed by atoms with Crippen molar-refractivity contribution in [2.45, 2.75) is 16.1 Å². The number of aliphatic hydroxyl groups is 1. The van der Waals surface area contributed by atoms with E-state index in [9.17, 15) is 14.7 Å². The van der Waals surface area contributed by atoms with Crippen LogP contribution < -0.4 is 19.1 Å². The number of aromatic nitrogens is 2. The van der Waals surface area contributed by atoms with Crippen molar-refractivity contribution in [3.05, 3.63) is 88.0 Å². The number of ketones is 1. The zero-order valence-corrected chi connectivity index (χ0v) is 23.8. The first-order valence-electron chi connectivity index (χ1n) is 11.7. The van der Waals surface area contributed by atoms with Gasteiger partial charge in [-0.05, 0) is 41.5 Å². The van der Waals surface area contributed by atoms with Gasteiger partial charge in [-0.2, -0.15) is 0 Å². The van der Waals surface area contributed by atoms with Crippen molar-refractivity contribution >= 4 is 51.5 Å². The van der Waals surface area contributed by atoms with Gasteiger partial charge in [0.25, 0.3) is 5.91 Å². The van der Waals surface area contributed by atoms with Crippen molar-refractivity contribution in [2.75, 3.05) is 26.2 Å². The number of carbonyl (C=O) groups excluding carboxylic acids is 2. The van der Waals surface area contributed by atoms with Crippen LogP contribution in [0, 0.1) is 0 Å². The van der Waals surface area contributed by atoms with Crippen molar-refractivity contribution in [3.8, 4) is 17.2 Å². The minimum absolute atomic E-state index is 0.0399. The van der Waals surface area contributed by atoms with E-state index in [-0.39, 0.29) is 16.5 Å². The molecule has 1 unspecified atom stereocenters. The summed E-state index contributed by atoms with van der Waals surface area (Å²) in [6.45, 7) is 0. The highest BCUT2D eigenvalue weighted by atomic mass is 35.5. The maximum absolute atomic E-state index is 13.5. The van der Waals surface area contributed by atoms with Crippen LogP contribution in [0.5, 0.6) is 17.2 Å². The number of methoxy groups -OCH3 is 3. The topological polar surface area (TPSA) is 124 Å². The molecule has 1 aliphatic rings. The summed E-state index contributed by atoms with van der Waals surface area (Å²) in [6.07, 6.45) is 1.33. The normalized spacial score (nSPS) is 15.1. The Morgan fingerprint density at radius 2 is 1.82 bits per heavy atom. The molecule has 2 aromatic carbocycles. The van der Waals surface area contributed by atoms with E-state index >= 15 is 0 Å². The van der Waals surface area contributed by atoms with Crippen molar-refractivity contribution < 1.29 is 33.3 Å². The zero-order valence-electron chi connectivity index (χ0n) is 21.4. The average molecular weight is 600 g/mol. The highest BCUT2D eigenvalue weighted by Crippen LogP contribution is 2.48. The van der Waals surface area contributed by atoms with Crippen LogP contribution >= 0.6 is 34.7 Å². The number of furan rings is 1. The van der Waals surface area contributed by atoms with Gasteiger partial charge in [0.15, 0.2) is 27.4 Å². The summed E-state index contributed by atoms with van der Waals surface area (Å²) in [6, 6.07) is 12.6. The van der Waals surface area contributed by atoms with Gasteiger partial charge in [0, 0.05) is 10.8 Å². The molecule has 5 rings (SSSR count). The number of hydrogen-bond acceptors (Lipinski definition) is 11. The van der Waals surface area contributed by atoms with Crippen LogP contribution in [0.25, 0.3) is 0 Å². The van der Waals surface area contributed by atoms with Gasteiger partial charge in [-0.15, -0.1) is 10.2 Å². The lowest BCUT2D eigenvalue weighted by Crippen LogP contribution is -2.31. The minimum Gasteiger partial charge on any atom is -0.503 e. The number of anilines is 1. The fraction of sp³-hybridized carbons (Fsp3) is 0.185. The lowest BCUT2D eigenvalue weighted by Gasteiger charge is -2.25. The molecule has 3 heterocycles. The summed E-state index contributed by atoms with van der Waals surface area (Å²) in [7, 11) is 4.37. The Morgan fingerprint density at radius 1 is 1.10 bits per heavy atom. The monoisotopic (exact) mass is 599 g/mol. The molecule has 1 aliphatic heterocycles. The van der Waals surface area contributed by atoms with Crippen LogP contribution in [0.2, 0.25) is 5.02 Å². The molecule has 40 heavy (non-hydrogen) atoms. The molecule has 0 fully saturated rings. The van der Waals surface area contributed by atoms with Gasteiger partial charge >= 0.3 is 0 Å². The van der Waals surface area contributed by atoms with Crippen LogP contribution in [0.4, 0.5) is 5.13 Å². The number of ether oxygens (including phenoxy) is 3. The minimum atomic E-state index is -1.10. The summed E-state index contributed by atoms with van der Waals surface area (Å²) in [4.78, 5) is 28.3. The van der Waals surface area contributed by atoms with E-state index in [4.69, 9.17) is 30.2 Å². The van der Waals surface area contributed by atoms with Gasteiger partial charge in [-0.25, -0.2) is 0 Å². The number of aliphatic hydroxyl groups excluding tert-OH is 1. The highest BCUT2D eigenvalue weighted by molar-refractivity contribution is 8.00. The second-order valence-electron chi connectivity index (χ2n) is 8.34. The van der Waals surface area contributed by atoms with Gasteiger partial charge in [-0.3, -0.25) is 14.5 Å². The summed E-state index contributed by atoms with van der Waals surface area (Å²) < 4.78 is 22.3. The third kappa shape index (κ3) is 5.01. The van der Waals surface area contributed by atoms with Gasteiger partial charge in [0.2, 0.25) is 16.7 Å². The molecule has 13 heteroatoms. The molecular formula is C27H22ClN3O7S2. The van der Waals surface area contributed by atoms with Crippen LogP contribution in [-0.4, -0.2) is 48.3 Å². The number of thioether (sulfide) groups is 1. The van der Waals surface area contributed by atoms with E-state index < -0.39 is 23.5 Å². The van der Waals surface area contributed by atoms with Crippen molar-refractivity contribution in [3.63, 3.8) is 0 Å². The fourth-order valence-corrected chi connectivity index (χ4v) is 6.42. The number of hydrogen-bond donors (Lipinski definition) is 1. The third-order valence-electron chi connectivity index (χ3n) is 6.11. The SMILES string of the molecule is COc1cc(C2C(C(=O)c3ccco3)=C(O)C(=O)N2c2nnc(SCc3ccccc3Cl)s2)cc(OC)c1OC. The molecule has 0 radical (unpaired) electrons. The van der Waals surface area contributed by atoms with Crippen LogP contribution in [0.3, 0.4) is 0 Å². The quantitative estimate of drug-likeness (QED) is 0.134. The van der Waals surface area contributed by atoms with Crippen LogP contribution in [0.1, 0.15) is 27.7 Å². The second-order valence-corrected chi connectivity index (χ2v) is 10.9. The Kier molecular flexibility index (Phi) is 8.01. The Labute approximate surface area is 242 Å². The predicted molar refractivity (Wildman–Crippen MR) is 150 cm³/mol. The Balaban J connectivity index is 1.57. The number of amides is 1. The van der Waals surface area contributed by atoms with Crippen molar-refractivity contribution in [2.24, 2.45) is 0 Å². The summed E-state index contributed by atoms with van der Waals surface area (Å²) in [5.74, 6) is -0.775. The molecule has 4 aromatic rings. The summed E-state index contributed by atoms with van der Waals surface area (Å²) in [5.41, 5.74) is 1.14. The largest absolute Gasteiger partial charge is 0.503 e. The van der Waals surface area contributed by atoms with E-state index in [2.05, 4.69) is 10.2 Å². The van der Waals surface area contributed by atoms with Crippen molar-refractivity contribution in [1.29, 1.82) is 0 Å². The molecule has 0 spiro atoms. The molecule has 206 valence electrons. The van der Waals surface area contributed by atoms with E-state index in [1.54, 1.807) is 24.3 Å². The first kappa shape index (κ1) is 27.6. The molecule has 1 atom stereocenters. The van der Waals surface area contributed by atoms with Crippen LogP contribution in [0.15, 0.2) is 74.9 Å². The molecule has 2 aromatic heterocycles. The Hall–Kier alpha value is -4.00. The molecule has 0 bridgehead atoms. The summed E-state index contributed by atoms with van der Waals surface area (Å²) >= 11 is 8.82. The molecule has 1 N–H and O–H groups in total. The van der Waals surface area contributed by atoms with Gasteiger partial charge in [-0.1, -0.05) is 52.9 Å². The first-order chi connectivity index (χ1) is 19.4. The maximum Gasteiger partial charge on any atom is 0.296 e. The molecular weight excluding hydrogens is 578 g/mol. The Morgan fingerprint density at radius 3 is 2.45 bits per heavy atom. The smallest absolute Gasteiger partial charge is 0.296 e. The third-order valence-corrected chi connectivity index (χ3v) is 8.58. The van der Waals surface area contributed by atoms with Crippen LogP contribution in [-0.2, 0) is 10.5 Å². The molecule has 1 amide bonds. The summed E-state index contributed by atoms with van der Waals surface area (Å²) in [5, 5.41) is 20.3. The van der Waals surface area contributed by atoms with E-state index in [1.165, 1.54) is 50.3 Å². The number of nitrogens with zero attached hydrogens (tertiary/aromatic N) is 3. The molecule has 10 nitrogen and oxygen atoms in total. The average Bonchev–Trinajstić information content (AvgIpc) is 3.72. The lowest BCUT2D eigenvalue weighted by atomic mass is 9.94. The molecule has 0 aliphatic carbocycles. The van der Waals surface area contributed by atoms with Gasteiger partial charge in [0.1, 0.15) is 0 Å².